The Hall–Kier alpha value is -2.35. The number of fused-ring (bicyclic) bond motifs is 1. The molecule has 0 bridgehead atoms. The molecular weight excluding hydrogens is 336 g/mol. The summed E-state index contributed by atoms with van der Waals surface area (Å²) in [6, 6.07) is 3.09. The third-order valence-electron chi connectivity index (χ3n) is 4.99. The molecule has 8 heteroatoms. The molecule has 3 rings (SSSR count). The molecule has 0 amide bonds. The minimum Gasteiger partial charge on any atom is -0.493 e. The molecule has 142 valence electrons. The van der Waals surface area contributed by atoms with Crippen LogP contribution in [-0.2, 0) is 0 Å². The first-order valence-electron chi connectivity index (χ1n) is 9.21. The van der Waals surface area contributed by atoms with E-state index in [0.29, 0.717) is 19.0 Å². The van der Waals surface area contributed by atoms with Gasteiger partial charge in [0.25, 0.3) is 0 Å². The molecule has 1 fully saturated rings. The van der Waals surface area contributed by atoms with Crippen LogP contribution in [0.2, 0.25) is 0 Å². The van der Waals surface area contributed by atoms with Crippen LogP contribution in [0.3, 0.4) is 0 Å². The molecule has 0 aromatic heterocycles. The van der Waals surface area contributed by atoms with E-state index < -0.39 is 4.92 Å². The van der Waals surface area contributed by atoms with Crippen molar-refractivity contribution in [2.24, 2.45) is 11.0 Å². The van der Waals surface area contributed by atoms with Gasteiger partial charge in [0.1, 0.15) is 5.75 Å². The summed E-state index contributed by atoms with van der Waals surface area (Å²) in [5.74, 6) is 1.05. The lowest BCUT2D eigenvalue weighted by molar-refractivity contribution is -0.386. The van der Waals surface area contributed by atoms with Gasteiger partial charge in [-0.25, -0.2) is 0 Å². The lowest BCUT2D eigenvalue weighted by Gasteiger charge is -2.33. The molecule has 26 heavy (non-hydrogen) atoms. The van der Waals surface area contributed by atoms with Crippen molar-refractivity contribution in [1.29, 1.82) is 0 Å². The van der Waals surface area contributed by atoms with Crippen LogP contribution < -0.4 is 14.9 Å². The Balaban J connectivity index is 2.00. The van der Waals surface area contributed by atoms with Gasteiger partial charge in [-0.3, -0.25) is 10.1 Å². The predicted molar refractivity (Wildman–Crippen MR) is 99.0 cm³/mol. The van der Waals surface area contributed by atoms with Gasteiger partial charge < -0.3 is 19.8 Å². The topological polar surface area (TPSA) is 89.2 Å². The van der Waals surface area contributed by atoms with Crippen LogP contribution in [0, 0.1) is 16.0 Å². The van der Waals surface area contributed by atoms with Crippen molar-refractivity contribution in [3.8, 4) is 11.5 Å². The third-order valence-corrected chi connectivity index (χ3v) is 4.99. The van der Waals surface area contributed by atoms with Gasteiger partial charge in [0.2, 0.25) is 5.75 Å². The van der Waals surface area contributed by atoms with Crippen LogP contribution in [0.4, 0.5) is 5.69 Å². The number of hydrogen-bond donors (Lipinski definition) is 1. The summed E-state index contributed by atoms with van der Waals surface area (Å²) in [6.07, 6.45) is 0.922. The number of nitro groups is 1. The quantitative estimate of drug-likeness (QED) is 0.593. The van der Waals surface area contributed by atoms with E-state index in [1.165, 1.54) is 0 Å². The molecule has 2 aliphatic heterocycles. The van der Waals surface area contributed by atoms with Crippen molar-refractivity contribution in [2.45, 2.75) is 33.2 Å². The van der Waals surface area contributed by atoms with Crippen LogP contribution >= 0.6 is 0 Å². The fourth-order valence-electron chi connectivity index (χ4n) is 3.69. The van der Waals surface area contributed by atoms with E-state index in [9.17, 15) is 10.1 Å². The first-order chi connectivity index (χ1) is 12.6. The van der Waals surface area contributed by atoms with Gasteiger partial charge in [-0.2, -0.15) is 5.10 Å². The molecule has 1 N–H and O–H groups in total. The number of hydrazone groups is 1. The zero-order chi connectivity index (χ0) is 18.7. The molecule has 1 saturated heterocycles. The summed E-state index contributed by atoms with van der Waals surface area (Å²) in [5.41, 5.74) is 5.06. The standard InChI is InChI=1S/C18H26N4O4/c1-4-21-8-7-14-13(11-21)18(20-19-14)12-9-15(22(23)24)17(26-6-3)10-16(12)25-5-2/h9-10,13,18,20H,4-8,11H2,1-3H3. The number of piperidine rings is 1. The summed E-state index contributed by atoms with van der Waals surface area (Å²) in [7, 11) is 0. The fraction of sp³-hybridized carbons (Fsp3) is 0.611. The largest absolute Gasteiger partial charge is 0.493 e. The molecule has 2 aliphatic rings. The van der Waals surface area contributed by atoms with Gasteiger partial charge in [-0.15, -0.1) is 0 Å². The van der Waals surface area contributed by atoms with E-state index in [2.05, 4.69) is 22.4 Å². The highest BCUT2D eigenvalue weighted by atomic mass is 16.6. The smallest absolute Gasteiger partial charge is 0.311 e. The highest BCUT2D eigenvalue weighted by Crippen LogP contribution is 2.42. The maximum absolute atomic E-state index is 11.5. The SMILES string of the molecule is CCOc1cc(OCC)c([N+](=O)[O-])cc1C1NN=C2CCN(CC)CC21. The number of benzene rings is 1. The second-order valence-electron chi connectivity index (χ2n) is 6.44. The van der Waals surface area contributed by atoms with E-state index in [0.717, 1.165) is 37.3 Å². The Morgan fingerprint density at radius 1 is 1.27 bits per heavy atom. The van der Waals surface area contributed by atoms with Crippen LogP contribution in [0.15, 0.2) is 17.2 Å². The van der Waals surface area contributed by atoms with Gasteiger partial charge in [0.05, 0.1) is 24.2 Å². The number of ether oxygens (including phenoxy) is 2. The summed E-state index contributed by atoms with van der Waals surface area (Å²) >= 11 is 0. The molecule has 0 radical (unpaired) electrons. The maximum atomic E-state index is 11.5. The third kappa shape index (κ3) is 3.46. The molecule has 1 aromatic rings. The molecule has 0 aliphatic carbocycles. The fourth-order valence-corrected chi connectivity index (χ4v) is 3.69. The second-order valence-corrected chi connectivity index (χ2v) is 6.44. The molecular formula is C18H26N4O4. The van der Waals surface area contributed by atoms with Gasteiger partial charge in [-0.1, -0.05) is 6.92 Å². The van der Waals surface area contributed by atoms with E-state index in [1.807, 2.05) is 6.92 Å². The highest BCUT2D eigenvalue weighted by molar-refractivity contribution is 5.90. The minimum atomic E-state index is -0.403. The highest BCUT2D eigenvalue weighted by Gasteiger charge is 2.39. The van der Waals surface area contributed by atoms with Crippen LogP contribution in [0.1, 0.15) is 38.8 Å². The Morgan fingerprint density at radius 3 is 2.65 bits per heavy atom. The van der Waals surface area contributed by atoms with Crippen molar-refractivity contribution >= 4 is 11.4 Å². The normalized spacial score (nSPS) is 22.3. The van der Waals surface area contributed by atoms with E-state index >= 15 is 0 Å². The van der Waals surface area contributed by atoms with Gasteiger partial charge in [0, 0.05) is 48.8 Å². The Bertz CT molecular complexity index is 707. The number of likely N-dealkylation sites (tertiary alicyclic amines) is 1. The monoisotopic (exact) mass is 362 g/mol. The van der Waals surface area contributed by atoms with Crippen LogP contribution in [0.5, 0.6) is 11.5 Å². The molecule has 2 atom stereocenters. The van der Waals surface area contributed by atoms with Crippen molar-refractivity contribution in [1.82, 2.24) is 10.3 Å². The number of nitrogens with zero attached hydrogens (tertiary/aromatic N) is 3. The predicted octanol–water partition coefficient (Wildman–Crippen LogP) is 2.73. The summed E-state index contributed by atoms with van der Waals surface area (Å²) < 4.78 is 11.3. The van der Waals surface area contributed by atoms with Crippen molar-refractivity contribution < 1.29 is 14.4 Å². The number of nitrogens with one attached hydrogen (secondary N) is 1. The van der Waals surface area contributed by atoms with Crippen LogP contribution in [-0.4, -0.2) is 48.4 Å². The average molecular weight is 362 g/mol. The van der Waals surface area contributed by atoms with Crippen molar-refractivity contribution in [3.63, 3.8) is 0 Å². The Kier molecular flexibility index (Phi) is 5.61. The molecule has 2 heterocycles. The summed E-state index contributed by atoms with van der Waals surface area (Å²) in [4.78, 5) is 13.5. The zero-order valence-electron chi connectivity index (χ0n) is 15.5. The molecule has 0 saturated carbocycles. The Morgan fingerprint density at radius 2 is 2.00 bits per heavy atom. The van der Waals surface area contributed by atoms with E-state index in [4.69, 9.17) is 9.47 Å². The molecule has 8 nitrogen and oxygen atoms in total. The first-order valence-corrected chi connectivity index (χ1v) is 9.21. The minimum absolute atomic E-state index is 0.0382. The zero-order valence-corrected chi connectivity index (χ0v) is 15.5. The molecule has 0 spiro atoms. The summed E-state index contributed by atoms with van der Waals surface area (Å²) in [5, 5.41) is 16.0. The van der Waals surface area contributed by atoms with E-state index in [-0.39, 0.29) is 23.4 Å². The van der Waals surface area contributed by atoms with Gasteiger partial charge >= 0.3 is 5.69 Å². The molecule has 2 unspecified atom stereocenters. The van der Waals surface area contributed by atoms with Crippen molar-refractivity contribution in [2.75, 3.05) is 32.8 Å². The average Bonchev–Trinajstić information content (AvgIpc) is 3.05. The van der Waals surface area contributed by atoms with Gasteiger partial charge in [-0.05, 0) is 20.4 Å². The van der Waals surface area contributed by atoms with Crippen molar-refractivity contribution in [3.05, 3.63) is 27.8 Å². The number of hydrogen-bond acceptors (Lipinski definition) is 7. The maximum Gasteiger partial charge on any atom is 0.311 e. The van der Waals surface area contributed by atoms with Crippen LogP contribution in [0.25, 0.3) is 0 Å². The Labute approximate surface area is 153 Å². The lowest BCUT2D eigenvalue weighted by atomic mass is 9.86. The molecule has 1 aromatic carbocycles. The number of rotatable bonds is 7. The van der Waals surface area contributed by atoms with E-state index in [1.54, 1.807) is 19.1 Å². The summed E-state index contributed by atoms with van der Waals surface area (Å²) in [6.45, 7) is 9.55. The van der Waals surface area contributed by atoms with Gasteiger partial charge in [0.15, 0.2) is 0 Å². The number of nitro benzene ring substituents is 1. The second kappa shape index (κ2) is 7.90. The lowest BCUT2D eigenvalue weighted by Crippen LogP contribution is -2.41. The first kappa shape index (κ1) is 18.4.